The minimum atomic E-state index is 0.863. The lowest BCUT2D eigenvalue weighted by molar-refractivity contribution is 1.20. The van der Waals surface area contributed by atoms with Crippen LogP contribution in [0.1, 0.15) is 0 Å². The van der Waals surface area contributed by atoms with E-state index in [4.69, 9.17) is 9.97 Å². The van der Waals surface area contributed by atoms with Gasteiger partial charge in [-0.2, -0.15) is 0 Å². The second-order valence-corrected chi connectivity index (χ2v) is 15.3. The van der Waals surface area contributed by atoms with Gasteiger partial charge in [0.1, 0.15) is 0 Å². The minimum absolute atomic E-state index is 0.863. The third-order valence-electron chi connectivity index (χ3n) is 12.0. The molecule has 0 aliphatic heterocycles. The summed E-state index contributed by atoms with van der Waals surface area (Å²) in [4.78, 5) is 10.7. The number of hydrogen-bond donors (Lipinski definition) is 0. The Hall–Kier alpha value is -7.88. The number of aromatic nitrogens is 3. The van der Waals surface area contributed by atoms with E-state index in [-0.39, 0.29) is 0 Å². The summed E-state index contributed by atoms with van der Waals surface area (Å²) >= 11 is 0. The van der Waals surface area contributed by atoms with Gasteiger partial charge in [0.05, 0.1) is 39.1 Å². The predicted octanol–water partition coefficient (Wildman–Crippen LogP) is 14.9. The Labute approximate surface area is 341 Å². The summed E-state index contributed by atoms with van der Waals surface area (Å²) in [6.45, 7) is 0. The third kappa shape index (κ3) is 5.36. The van der Waals surface area contributed by atoms with Crippen LogP contribution in [0.2, 0.25) is 0 Å². The smallest absolute Gasteiger partial charge is 0.0979 e. The van der Waals surface area contributed by atoms with Crippen LogP contribution in [0, 0.1) is 0 Å². The average molecular weight is 750 g/mol. The molecular weight excluding hydrogens is 715 g/mol. The van der Waals surface area contributed by atoms with Crippen LogP contribution in [-0.4, -0.2) is 14.5 Å². The van der Waals surface area contributed by atoms with E-state index in [1.54, 1.807) is 0 Å². The number of para-hydroxylation sites is 2. The molecule has 0 N–H and O–H groups in total. The Bertz CT molecular complexity index is 3490. The van der Waals surface area contributed by atoms with Crippen LogP contribution in [0.15, 0.2) is 212 Å². The van der Waals surface area contributed by atoms with Crippen molar-refractivity contribution < 1.29 is 0 Å². The summed E-state index contributed by atoms with van der Waals surface area (Å²) in [6, 6.07) is 76.2. The highest BCUT2D eigenvalue weighted by Crippen LogP contribution is 2.44. The summed E-state index contributed by atoms with van der Waals surface area (Å²) < 4.78 is 2.47. The van der Waals surface area contributed by atoms with Gasteiger partial charge in [0.25, 0.3) is 0 Å². The molecule has 2 aromatic heterocycles. The fourth-order valence-corrected chi connectivity index (χ4v) is 9.19. The standard InChI is InChI=1S/C56H35N3/c1-2-12-36(13-3-1)37-22-24-38(25-23-37)39-26-28-42(29-27-39)55-56(58-49-21-11-10-20-48(49)57-55)47-32-35-50(46-19-9-8-18-45(46)47)59-51-33-30-40-14-4-6-16-43(40)53(51)54-44-17-7-5-15-41(44)31-34-52(54)59/h1-35H. The maximum absolute atomic E-state index is 5.38. The summed E-state index contributed by atoms with van der Waals surface area (Å²) in [7, 11) is 0. The highest BCUT2D eigenvalue weighted by molar-refractivity contribution is 6.29. The molecule has 0 unspecified atom stereocenters. The molecule has 0 saturated carbocycles. The van der Waals surface area contributed by atoms with Crippen molar-refractivity contribution in [3.63, 3.8) is 0 Å². The quantitative estimate of drug-likeness (QED) is 0.175. The van der Waals surface area contributed by atoms with Crippen LogP contribution in [-0.2, 0) is 0 Å². The van der Waals surface area contributed by atoms with Crippen molar-refractivity contribution in [2.75, 3.05) is 0 Å². The number of nitrogens with zero attached hydrogens (tertiary/aromatic N) is 3. The first kappa shape index (κ1) is 33.3. The van der Waals surface area contributed by atoms with E-state index in [9.17, 15) is 0 Å². The maximum atomic E-state index is 5.38. The molecule has 12 rings (SSSR count). The first-order chi connectivity index (χ1) is 29.3. The molecule has 0 aliphatic carbocycles. The van der Waals surface area contributed by atoms with Crippen LogP contribution >= 0.6 is 0 Å². The Kier molecular flexibility index (Phi) is 7.54. The Balaban J connectivity index is 1.04. The van der Waals surface area contributed by atoms with Crippen molar-refractivity contribution >= 4 is 65.2 Å². The molecule has 0 amide bonds. The molecule has 10 aromatic carbocycles. The van der Waals surface area contributed by atoms with Gasteiger partial charge in [0.15, 0.2) is 0 Å². The van der Waals surface area contributed by atoms with Crippen molar-refractivity contribution in [1.82, 2.24) is 14.5 Å². The lowest BCUT2D eigenvalue weighted by Gasteiger charge is -2.17. The summed E-state index contributed by atoms with van der Waals surface area (Å²) in [5.74, 6) is 0. The number of fused-ring (bicyclic) bond motifs is 9. The van der Waals surface area contributed by atoms with E-state index < -0.39 is 0 Å². The summed E-state index contributed by atoms with van der Waals surface area (Å²) in [5, 5.41) is 9.84. The van der Waals surface area contributed by atoms with Crippen molar-refractivity contribution in [3.8, 4) is 50.5 Å². The Morgan fingerprint density at radius 2 is 0.729 bits per heavy atom. The predicted molar refractivity (Wildman–Crippen MR) is 248 cm³/mol. The molecule has 274 valence electrons. The van der Waals surface area contributed by atoms with Crippen LogP contribution in [0.25, 0.3) is 116 Å². The van der Waals surface area contributed by atoms with Gasteiger partial charge in [-0.3, -0.25) is 0 Å². The van der Waals surface area contributed by atoms with Crippen molar-refractivity contribution in [2.24, 2.45) is 0 Å². The van der Waals surface area contributed by atoms with Crippen LogP contribution in [0.5, 0.6) is 0 Å². The van der Waals surface area contributed by atoms with Crippen LogP contribution in [0.3, 0.4) is 0 Å². The normalized spacial score (nSPS) is 11.7. The maximum Gasteiger partial charge on any atom is 0.0979 e. The second kappa shape index (κ2) is 13.4. The van der Waals surface area contributed by atoms with Gasteiger partial charge in [-0.05, 0) is 85.6 Å². The molecule has 59 heavy (non-hydrogen) atoms. The highest BCUT2D eigenvalue weighted by Gasteiger charge is 2.21. The van der Waals surface area contributed by atoms with Gasteiger partial charge in [-0.25, -0.2) is 9.97 Å². The topological polar surface area (TPSA) is 30.7 Å². The fourth-order valence-electron chi connectivity index (χ4n) is 9.19. The van der Waals surface area contributed by atoms with E-state index in [0.717, 1.165) is 55.6 Å². The SMILES string of the molecule is c1ccc(-c2ccc(-c3ccc(-c4nc5ccccc5nc4-c4ccc(-n5c6ccc7ccccc7c6c6c7ccccc7ccc65)c5ccccc45)cc3)cc2)cc1. The summed E-state index contributed by atoms with van der Waals surface area (Å²) in [5.41, 5.74) is 13.8. The first-order valence-electron chi connectivity index (χ1n) is 20.2. The lowest BCUT2D eigenvalue weighted by Crippen LogP contribution is -1.99. The van der Waals surface area contributed by atoms with Gasteiger partial charge in [0, 0.05) is 27.3 Å². The van der Waals surface area contributed by atoms with Gasteiger partial charge < -0.3 is 4.57 Å². The fraction of sp³-hybridized carbons (Fsp3) is 0. The number of benzene rings is 10. The third-order valence-corrected chi connectivity index (χ3v) is 12.0. The van der Waals surface area contributed by atoms with E-state index in [1.165, 1.54) is 60.0 Å². The molecule has 0 bridgehead atoms. The van der Waals surface area contributed by atoms with Gasteiger partial charge >= 0.3 is 0 Å². The van der Waals surface area contributed by atoms with Crippen molar-refractivity contribution in [3.05, 3.63) is 212 Å². The molecular formula is C56H35N3. The van der Waals surface area contributed by atoms with E-state index >= 15 is 0 Å². The molecule has 3 nitrogen and oxygen atoms in total. The second-order valence-electron chi connectivity index (χ2n) is 15.3. The molecule has 2 heterocycles. The zero-order valence-corrected chi connectivity index (χ0v) is 32.0. The Morgan fingerprint density at radius 1 is 0.288 bits per heavy atom. The molecule has 3 heteroatoms. The van der Waals surface area contributed by atoms with Crippen LogP contribution < -0.4 is 0 Å². The van der Waals surface area contributed by atoms with E-state index in [0.29, 0.717) is 0 Å². The molecule has 12 aromatic rings. The summed E-state index contributed by atoms with van der Waals surface area (Å²) in [6.07, 6.45) is 0. The molecule has 0 radical (unpaired) electrons. The van der Waals surface area contributed by atoms with E-state index in [1.807, 2.05) is 12.1 Å². The van der Waals surface area contributed by atoms with Gasteiger partial charge in [-0.1, -0.05) is 176 Å². The van der Waals surface area contributed by atoms with Crippen molar-refractivity contribution in [1.29, 1.82) is 0 Å². The minimum Gasteiger partial charge on any atom is -0.309 e. The highest BCUT2D eigenvalue weighted by atomic mass is 15.0. The molecule has 0 fully saturated rings. The molecule has 0 spiro atoms. The zero-order chi connectivity index (χ0) is 38.9. The molecule has 0 aliphatic rings. The monoisotopic (exact) mass is 749 g/mol. The zero-order valence-electron chi connectivity index (χ0n) is 32.0. The van der Waals surface area contributed by atoms with E-state index in [2.05, 4.69) is 205 Å². The first-order valence-corrected chi connectivity index (χ1v) is 20.2. The molecule has 0 saturated heterocycles. The Morgan fingerprint density at radius 3 is 1.31 bits per heavy atom. The van der Waals surface area contributed by atoms with Gasteiger partial charge in [0.2, 0.25) is 0 Å². The lowest BCUT2D eigenvalue weighted by atomic mass is 9.95. The number of hydrogen-bond acceptors (Lipinski definition) is 2. The largest absolute Gasteiger partial charge is 0.309 e. The van der Waals surface area contributed by atoms with Gasteiger partial charge in [-0.15, -0.1) is 0 Å². The van der Waals surface area contributed by atoms with Crippen molar-refractivity contribution in [2.45, 2.75) is 0 Å². The van der Waals surface area contributed by atoms with Crippen LogP contribution in [0.4, 0.5) is 0 Å². The molecule has 0 atom stereocenters. The number of rotatable bonds is 5. The average Bonchev–Trinajstić information content (AvgIpc) is 3.66.